The van der Waals surface area contributed by atoms with Crippen LogP contribution in [0.25, 0.3) is 10.1 Å². The molecule has 0 saturated carbocycles. The summed E-state index contributed by atoms with van der Waals surface area (Å²) >= 11 is 1.34. The Hall–Kier alpha value is -1.47. The van der Waals surface area contributed by atoms with Gasteiger partial charge in [0.25, 0.3) is 0 Å². The standard InChI is InChI=1S/C19H13O2S.Y/c1-2-3-4-13-5-7-14(8-6-13)19(21)17-12-22-18-11-15(20)9-10-16(17)18;/h5-11,20H,2H2,1H3;/q-1;. The number of fused-ring (bicyclic) bond motifs is 1. The van der Waals surface area contributed by atoms with Crippen LogP contribution in [0.4, 0.5) is 0 Å². The van der Waals surface area contributed by atoms with Crippen LogP contribution in [0.3, 0.4) is 0 Å². The number of carbonyl (C=O) groups is 1. The van der Waals surface area contributed by atoms with Crippen molar-refractivity contribution in [2.45, 2.75) is 13.3 Å². The third-order valence-corrected chi connectivity index (χ3v) is 4.15. The summed E-state index contributed by atoms with van der Waals surface area (Å²) in [4.78, 5) is 12.6. The molecule has 2 aromatic carbocycles. The van der Waals surface area contributed by atoms with Gasteiger partial charge < -0.3 is 9.90 Å². The second-order valence-corrected chi connectivity index (χ2v) is 5.67. The van der Waals surface area contributed by atoms with Gasteiger partial charge in [-0.05, 0) is 23.8 Å². The van der Waals surface area contributed by atoms with E-state index >= 15 is 0 Å². The van der Waals surface area contributed by atoms with Gasteiger partial charge in [-0.1, -0.05) is 52.6 Å². The summed E-state index contributed by atoms with van der Waals surface area (Å²) in [5, 5.41) is 13.4. The van der Waals surface area contributed by atoms with E-state index in [1.165, 1.54) is 11.3 Å². The first-order chi connectivity index (χ1) is 10.7. The molecule has 23 heavy (non-hydrogen) atoms. The largest absolute Gasteiger partial charge is 0.509 e. The fourth-order valence-electron chi connectivity index (χ4n) is 2.17. The van der Waals surface area contributed by atoms with E-state index in [2.05, 4.69) is 17.2 Å². The molecule has 111 valence electrons. The van der Waals surface area contributed by atoms with Crippen LogP contribution >= 0.6 is 11.3 Å². The van der Waals surface area contributed by atoms with Gasteiger partial charge in [0.1, 0.15) is 11.5 Å². The van der Waals surface area contributed by atoms with E-state index < -0.39 is 0 Å². The molecule has 1 aromatic heterocycles. The van der Waals surface area contributed by atoms with Crippen molar-refractivity contribution < 1.29 is 42.6 Å². The number of thiophene rings is 1. The Morgan fingerprint density at radius 3 is 2.65 bits per heavy atom. The zero-order chi connectivity index (χ0) is 15.5. The molecular formula is C19H13O2SY-. The van der Waals surface area contributed by atoms with Crippen molar-refractivity contribution in [2.75, 3.05) is 0 Å². The summed E-state index contributed by atoms with van der Waals surface area (Å²) in [7, 11) is 0. The number of phenols is 1. The van der Waals surface area contributed by atoms with E-state index in [-0.39, 0.29) is 44.2 Å². The van der Waals surface area contributed by atoms with Crippen molar-refractivity contribution in [1.29, 1.82) is 0 Å². The maximum absolute atomic E-state index is 12.6. The Morgan fingerprint density at radius 1 is 1.22 bits per heavy atom. The maximum Gasteiger partial charge on any atom is 0.108 e. The van der Waals surface area contributed by atoms with Gasteiger partial charge in [-0.25, -0.2) is 0 Å². The first-order valence-electron chi connectivity index (χ1n) is 6.96. The van der Waals surface area contributed by atoms with Gasteiger partial charge in [0.15, 0.2) is 0 Å². The summed E-state index contributed by atoms with van der Waals surface area (Å²) in [5.41, 5.74) is 2.07. The van der Waals surface area contributed by atoms with Gasteiger partial charge in [0.05, 0.1) is 0 Å². The molecule has 2 nitrogen and oxygen atoms in total. The molecule has 0 amide bonds. The second kappa shape index (κ2) is 7.88. The molecule has 0 aliphatic rings. The van der Waals surface area contributed by atoms with Crippen LogP contribution in [0.5, 0.6) is 5.75 Å². The number of ketones is 1. The molecule has 0 saturated heterocycles. The molecule has 0 unspecified atom stereocenters. The van der Waals surface area contributed by atoms with Crippen molar-refractivity contribution in [3.05, 3.63) is 64.5 Å². The average molecular weight is 394 g/mol. The van der Waals surface area contributed by atoms with E-state index in [4.69, 9.17) is 0 Å². The zero-order valence-corrected chi connectivity index (χ0v) is 16.2. The number of phenolic OH excluding ortho intramolecular Hbond substituents is 1. The summed E-state index contributed by atoms with van der Waals surface area (Å²) in [6.45, 7) is 2.00. The molecule has 0 spiro atoms. The minimum Gasteiger partial charge on any atom is -0.509 e. The van der Waals surface area contributed by atoms with Gasteiger partial charge in [-0.3, -0.25) is 11.3 Å². The van der Waals surface area contributed by atoms with Crippen molar-refractivity contribution in [3.63, 3.8) is 0 Å². The molecule has 1 N–H and O–H groups in total. The van der Waals surface area contributed by atoms with E-state index in [1.54, 1.807) is 30.3 Å². The Balaban J connectivity index is 0.00000192. The van der Waals surface area contributed by atoms with E-state index in [0.29, 0.717) is 11.1 Å². The number of rotatable bonds is 2. The van der Waals surface area contributed by atoms with Gasteiger partial charge in [0.2, 0.25) is 0 Å². The Labute approximate surface area is 164 Å². The summed E-state index contributed by atoms with van der Waals surface area (Å²) < 4.78 is 0.855. The normalized spacial score (nSPS) is 9.78. The Bertz CT molecular complexity index is 899. The fraction of sp³-hybridized carbons (Fsp3) is 0.105. The van der Waals surface area contributed by atoms with Crippen molar-refractivity contribution in [1.82, 2.24) is 0 Å². The molecule has 1 heterocycles. The Morgan fingerprint density at radius 2 is 1.96 bits per heavy atom. The molecule has 0 bridgehead atoms. The molecule has 1 radical (unpaired) electrons. The third kappa shape index (κ3) is 3.90. The first-order valence-corrected chi connectivity index (χ1v) is 7.77. The van der Waals surface area contributed by atoms with Gasteiger partial charge >= 0.3 is 0 Å². The SMILES string of the molecule is CCC#Cc1ccc(C(=O)c2[c-]sc3cc(O)ccc23)cc1.[Y]. The molecule has 0 fully saturated rings. The van der Waals surface area contributed by atoms with Crippen LogP contribution in [0.2, 0.25) is 0 Å². The molecule has 3 aromatic rings. The molecule has 0 atom stereocenters. The zero-order valence-electron chi connectivity index (χ0n) is 12.6. The van der Waals surface area contributed by atoms with Gasteiger partial charge in [0, 0.05) is 44.7 Å². The molecule has 4 heteroatoms. The molecule has 3 rings (SSSR count). The summed E-state index contributed by atoms with van der Waals surface area (Å²) in [6, 6.07) is 12.3. The number of carbonyl (C=O) groups excluding carboxylic acids is 1. The first kappa shape index (κ1) is 17.9. The van der Waals surface area contributed by atoms with Crippen LogP contribution in [-0.4, -0.2) is 10.9 Å². The van der Waals surface area contributed by atoms with E-state index in [1.807, 2.05) is 19.1 Å². The van der Waals surface area contributed by atoms with Crippen molar-refractivity contribution in [2.24, 2.45) is 0 Å². The predicted molar refractivity (Wildman–Crippen MR) is 89.4 cm³/mol. The van der Waals surface area contributed by atoms with Crippen LogP contribution in [0.15, 0.2) is 42.5 Å². The number of aromatic hydroxyl groups is 1. The quantitative estimate of drug-likeness (QED) is 0.398. The minimum absolute atomic E-state index is 0. The fourth-order valence-corrected chi connectivity index (χ4v) is 3.05. The predicted octanol–water partition coefficient (Wildman–Crippen LogP) is 4.40. The molecule has 0 aliphatic heterocycles. The average Bonchev–Trinajstić information content (AvgIpc) is 2.95. The van der Waals surface area contributed by atoms with E-state index in [9.17, 15) is 9.90 Å². The number of hydrogen-bond acceptors (Lipinski definition) is 3. The van der Waals surface area contributed by atoms with E-state index in [0.717, 1.165) is 22.1 Å². The second-order valence-electron chi connectivity index (χ2n) is 4.82. The third-order valence-electron chi connectivity index (χ3n) is 3.28. The minimum atomic E-state index is -0.0630. The van der Waals surface area contributed by atoms with Gasteiger partial charge in [-0.2, -0.15) is 0 Å². The summed E-state index contributed by atoms with van der Waals surface area (Å²) in [5.74, 6) is 6.18. The smallest absolute Gasteiger partial charge is 0.108 e. The van der Waals surface area contributed by atoms with Crippen LogP contribution in [-0.2, 0) is 32.7 Å². The van der Waals surface area contributed by atoms with Crippen LogP contribution < -0.4 is 0 Å². The Kier molecular flexibility index (Phi) is 6.13. The topological polar surface area (TPSA) is 37.3 Å². The molecular weight excluding hydrogens is 381 g/mol. The monoisotopic (exact) mass is 394 g/mol. The number of benzene rings is 2. The summed E-state index contributed by atoms with van der Waals surface area (Å²) in [6.07, 6.45) is 0.809. The van der Waals surface area contributed by atoms with Crippen LogP contribution in [0.1, 0.15) is 34.8 Å². The van der Waals surface area contributed by atoms with Crippen molar-refractivity contribution >= 4 is 27.2 Å². The van der Waals surface area contributed by atoms with Crippen molar-refractivity contribution in [3.8, 4) is 17.6 Å². The maximum atomic E-state index is 12.6. The number of hydrogen-bond donors (Lipinski definition) is 1. The molecule has 0 aliphatic carbocycles. The van der Waals surface area contributed by atoms with Gasteiger partial charge in [-0.15, -0.1) is 11.5 Å². The van der Waals surface area contributed by atoms with Crippen LogP contribution in [0, 0.1) is 17.2 Å².